The molecule has 26 heavy (non-hydrogen) atoms. The molecule has 0 radical (unpaired) electrons. The third-order valence-electron chi connectivity index (χ3n) is 3.58. The van der Waals surface area contributed by atoms with Gasteiger partial charge in [-0.2, -0.15) is 13.2 Å². The predicted molar refractivity (Wildman–Crippen MR) is 92.8 cm³/mol. The largest absolute Gasteiger partial charge is 0.459 e. The van der Waals surface area contributed by atoms with Crippen LogP contribution in [0.1, 0.15) is 32.3 Å². The van der Waals surface area contributed by atoms with E-state index < -0.39 is 17.6 Å². The number of aromatic nitrogens is 1. The van der Waals surface area contributed by atoms with E-state index in [0.29, 0.717) is 21.3 Å². The van der Waals surface area contributed by atoms with Crippen molar-refractivity contribution in [3.8, 4) is 0 Å². The van der Waals surface area contributed by atoms with Crippen LogP contribution in [-0.2, 0) is 12.6 Å². The van der Waals surface area contributed by atoms with Gasteiger partial charge in [-0.25, -0.2) is 4.98 Å². The monoisotopic (exact) mass is 400 g/mol. The SMILES string of the molecule is Cc1nc(NC(=O)c2ccco2)sc1Cc1cc(C(F)(F)F)ccc1Cl. The Labute approximate surface area is 155 Å². The van der Waals surface area contributed by atoms with Crippen molar-refractivity contribution < 1.29 is 22.4 Å². The maximum atomic E-state index is 12.9. The molecule has 3 rings (SSSR count). The second kappa shape index (κ2) is 7.13. The smallest absolute Gasteiger partial charge is 0.416 e. The topological polar surface area (TPSA) is 55.1 Å². The molecule has 0 saturated heterocycles. The lowest BCUT2D eigenvalue weighted by Crippen LogP contribution is -2.10. The molecule has 0 saturated carbocycles. The number of hydrogen-bond donors (Lipinski definition) is 1. The summed E-state index contributed by atoms with van der Waals surface area (Å²) in [5.41, 5.74) is 0.195. The molecule has 2 aromatic heterocycles. The average molecular weight is 401 g/mol. The van der Waals surface area contributed by atoms with Crippen molar-refractivity contribution in [1.82, 2.24) is 4.98 Å². The first-order valence-electron chi connectivity index (χ1n) is 7.41. The highest BCUT2D eigenvalue weighted by Crippen LogP contribution is 2.34. The molecule has 0 aliphatic carbocycles. The number of nitrogens with one attached hydrogen (secondary N) is 1. The molecule has 0 unspecified atom stereocenters. The Balaban J connectivity index is 1.81. The van der Waals surface area contributed by atoms with Crippen molar-refractivity contribution in [2.24, 2.45) is 0 Å². The van der Waals surface area contributed by atoms with Crippen LogP contribution in [0.4, 0.5) is 18.3 Å². The van der Waals surface area contributed by atoms with E-state index in [1.165, 1.54) is 29.7 Å². The lowest BCUT2D eigenvalue weighted by atomic mass is 10.1. The number of furan rings is 1. The van der Waals surface area contributed by atoms with Crippen molar-refractivity contribution in [3.05, 3.63) is 69.1 Å². The number of thiazole rings is 1. The number of benzene rings is 1. The zero-order valence-electron chi connectivity index (χ0n) is 13.4. The zero-order valence-corrected chi connectivity index (χ0v) is 14.9. The van der Waals surface area contributed by atoms with Crippen LogP contribution in [-0.4, -0.2) is 10.9 Å². The van der Waals surface area contributed by atoms with E-state index in [2.05, 4.69) is 10.3 Å². The van der Waals surface area contributed by atoms with Gasteiger partial charge in [0, 0.05) is 16.3 Å². The summed E-state index contributed by atoms with van der Waals surface area (Å²) in [6.45, 7) is 1.72. The first-order valence-corrected chi connectivity index (χ1v) is 8.60. The van der Waals surface area contributed by atoms with Crippen molar-refractivity contribution in [2.75, 3.05) is 5.32 Å². The van der Waals surface area contributed by atoms with E-state index in [0.717, 1.165) is 12.1 Å². The van der Waals surface area contributed by atoms with Gasteiger partial charge in [0.2, 0.25) is 0 Å². The number of aryl methyl sites for hydroxylation is 1. The number of hydrogen-bond acceptors (Lipinski definition) is 4. The fourth-order valence-electron chi connectivity index (χ4n) is 2.27. The second-order valence-electron chi connectivity index (χ2n) is 5.44. The minimum absolute atomic E-state index is 0.139. The van der Waals surface area contributed by atoms with Crippen LogP contribution in [0.25, 0.3) is 0 Å². The summed E-state index contributed by atoms with van der Waals surface area (Å²) in [5, 5.41) is 3.18. The molecular weight excluding hydrogens is 389 g/mol. The highest BCUT2D eigenvalue weighted by Gasteiger charge is 2.31. The summed E-state index contributed by atoms with van der Waals surface area (Å²) in [6.07, 6.45) is -2.88. The van der Waals surface area contributed by atoms with Gasteiger partial charge in [-0.05, 0) is 42.8 Å². The molecule has 0 spiro atoms. The number of carbonyl (C=O) groups excluding carboxylic acids is 1. The van der Waals surface area contributed by atoms with Crippen LogP contribution in [0.2, 0.25) is 5.02 Å². The molecule has 3 aromatic rings. The first-order chi connectivity index (χ1) is 12.2. The van der Waals surface area contributed by atoms with Crippen molar-refractivity contribution in [1.29, 1.82) is 0 Å². The molecular formula is C17H12ClF3N2O2S. The second-order valence-corrected chi connectivity index (χ2v) is 6.93. The van der Waals surface area contributed by atoms with E-state index in [1.54, 1.807) is 13.0 Å². The Bertz CT molecular complexity index is 936. The minimum Gasteiger partial charge on any atom is -0.459 e. The van der Waals surface area contributed by atoms with Gasteiger partial charge in [0.15, 0.2) is 10.9 Å². The van der Waals surface area contributed by atoms with Gasteiger partial charge >= 0.3 is 6.18 Å². The Morgan fingerprint density at radius 3 is 2.77 bits per heavy atom. The standard InChI is InChI=1S/C17H12ClF3N2O2S/c1-9-14(8-10-7-11(17(19,20)21)4-5-12(10)18)26-16(22-9)23-15(24)13-3-2-6-25-13/h2-7H,8H2,1H3,(H,22,23,24). The molecule has 0 aliphatic heterocycles. The molecule has 4 nitrogen and oxygen atoms in total. The van der Waals surface area contributed by atoms with Crippen LogP contribution < -0.4 is 5.32 Å². The van der Waals surface area contributed by atoms with Gasteiger partial charge in [-0.1, -0.05) is 11.6 Å². The highest BCUT2D eigenvalue weighted by molar-refractivity contribution is 7.15. The molecule has 9 heteroatoms. The molecule has 1 amide bonds. The van der Waals surface area contributed by atoms with Crippen LogP contribution in [0, 0.1) is 6.92 Å². The molecule has 0 fully saturated rings. The molecule has 136 valence electrons. The Kier molecular flexibility index (Phi) is 5.06. The van der Waals surface area contributed by atoms with Gasteiger partial charge in [-0.15, -0.1) is 11.3 Å². The zero-order chi connectivity index (χ0) is 18.9. The lowest BCUT2D eigenvalue weighted by molar-refractivity contribution is -0.137. The fourth-order valence-corrected chi connectivity index (χ4v) is 3.44. The van der Waals surface area contributed by atoms with Crippen LogP contribution in [0.15, 0.2) is 41.0 Å². The van der Waals surface area contributed by atoms with E-state index in [1.807, 2.05) is 0 Å². The highest BCUT2D eigenvalue weighted by atomic mass is 35.5. The predicted octanol–water partition coefficient (Wildman–Crippen LogP) is 5.56. The Morgan fingerprint density at radius 2 is 2.12 bits per heavy atom. The Hall–Kier alpha value is -2.32. The van der Waals surface area contributed by atoms with E-state index in [4.69, 9.17) is 16.0 Å². The molecule has 1 aromatic carbocycles. The summed E-state index contributed by atoms with van der Waals surface area (Å²) in [4.78, 5) is 16.9. The Morgan fingerprint density at radius 1 is 1.35 bits per heavy atom. The summed E-state index contributed by atoms with van der Waals surface area (Å²) in [5.74, 6) is -0.312. The quantitative estimate of drug-likeness (QED) is 0.623. The van der Waals surface area contributed by atoms with E-state index in [-0.39, 0.29) is 17.2 Å². The van der Waals surface area contributed by atoms with Gasteiger partial charge in [0.25, 0.3) is 5.91 Å². The van der Waals surface area contributed by atoms with Crippen LogP contribution >= 0.6 is 22.9 Å². The maximum absolute atomic E-state index is 12.9. The molecule has 0 aliphatic rings. The van der Waals surface area contributed by atoms with Crippen molar-refractivity contribution in [2.45, 2.75) is 19.5 Å². The fraction of sp³-hybridized carbons (Fsp3) is 0.176. The normalized spacial score (nSPS) is 11.6. The van der Waals surface area contributed by atoms with E-state index >= 15 is 0 Å². The van der Waals surface area contributed by atoms with Crippen molar-refractivity contribution in [3.63, 3.8) is 0 Å². The molecule has 2 heterocycles. The van der Waals surface area contributed by atoms with Crippen LogP contribution in [0.5, 0.6) is 0 Å². The summed E-state index contributed by atoms with van der Waals surface area (Å²) in [6, 6.07) is 6.31. The van der Waals surface area contributed by atoms with Gasteiger partial charge < -0.3 is 4.42 Å². The third kappa shape index (κ3) is 4.08. The summed E-state index contributed by atoms with van der Waals surface area (Å²) < 4.78 is 43.7. The number of amides is 1. The van der Waals surface area contributed by atoms with Crippen molar-refractivity contribution >= 4 is 34.0 Å². The van der Waals surface area contributed by atoms with E-state index in [9.17, 15) is 18.0 Å². The third-order valence-corrected chi connectivity index (χ3v) is 5.02. The number of halogens is 4. The van der Waals surface area contributed by atoms with Gasteiger partial charge in [0.05, 0.1) is 17.5 Å². The maximum Gasteiger partial charge on any atom is 0.416 e. The molecule has 1 N–H and O–H groups in total. The van der Waals surface area contributed by atoms with Gasteiger partial charge in [0.1, 0.15) is 0 Å². The first kappa shape index (κ1) is 18.5. The lowest BCUT2D eigenvalue weighted by Gasteiger charge is -2.10. The summed E-state index contributed by atoms with van der Waals surface area (Å²) >= 11 is 7.22. The average Bonchev–Trinajstić information content (AvgIpc) is 3.19. The molecule has 0 atom stereocenters. The number of anilines is 1. The minimum atomic E-state index is -4.44. The van der Waals surface area contributed by atoms with Crippen LogP contribution in [0.3, 0.4) is 0 Å². The number of rotatable bonds is 4. The van der Waals surface area contributed by atoms with Gasteiger partial charge in [-0.3, -0.25) is 10.1 Å². The number of carbonyl (C=O) groups is 1. The number of nitrogens with zero attached hydrogens (tertiary/aromatic N) is 1. The number of alkyl halides is 3. The molecule has 0 bridgehead atoms. The summed E-state index contributed by atoms with van der Waals surface area (Å²) in [7, 11) is 0.